The van der Waals surface area contributed by atoms with Crippen molar-refractivity contribution in [2.24, 2.45) is 5.73 Å². The summed E-state index contributed by atoms with van der Waals surface area (Å²) < 4.78 is 18.7. The number of nitro groups is 1. The Bertz CT molecular complexity index is 659. The second kappa shape index (κ2) is 5.66. The molecule has 0 amide bonds. The van der Waals surface area contributed by atoms with E-state index in [1.165, 1.54) is 24.3 Å². The minimum Gasteiger partial charge on any atom is -0.450 e. The van der Waals surface area contributed by atoms with Crippen molar-refractivity contribution in [2.75, 3.05) is 0 Å². The first kappa shape index (κ1) is 14.0. The van der Waals surface area contributed by atoms with Gasteiger partial charge in [0.15, 0.2) is 0 Å². The molecule has 20 heavy (non-hydrogen) atoms. The van der Waals surface area contributed by atoms with Crippen molar-refractivity contribution in [1.82, 2.24) is 0 Å². The van der Waals surface area contributed by atoms with Crippen LogP contribution in [-0.4, -0.2) is 4.92 Å². The van der Waals surface area contributed by atoms with E-state index in [9.17, 15) is 14.5 Å². The van der Waals surface area contributed by atoms with E-state index in [1.54, 1.807) is 19.1 Å². The summed E-state index contributed by atoms with van der Waals surface area (Å²) in [5.41, 5.74) is 6.64. The van der Waals surface area contributed by atoms with Gasteiger partial charge in [0.2, 0.25) is 5.75 Å². The van der Waals surface area contributed by atoms with Crippen LogP contribution in [0.4, 0.5) is 10.1 Å². The summed E-state index contributed by atoms with van der Waals surface area (Å²) in [6.45, 7) is 1.87. The van der Waals surface area contributed by atoms with Crippen molar-refractivity contribution in [3.05, 3.63) is 63.5 Å². The molecule has 5 nitrogen and oxygen atoms in total. The minimum absolute atomic E-state index is 0.0761. The van der Waals surface area contributed by atoms with Gasteiger partial charge in [0.1, 0.15) is 11.6 Å². The van der Waals surface area contributed by atoms with Gasteiger partial charge in [-0.3, -0.25) is 10.1 Å². The zero-order valence-electron chi connectivity index (χ0n) is 10.8. The van der Waals surface area contributed by atoms with Gasteiger partial charge in [-0.25, -0.2) is 4.39 Å². The van der Waals surface area contributed by atoms with Crippen LogP contribution >= 0.6 is 0 Å². The lowest BCUT2D eigenvalue weighted by Gasteiger charge is -2.10. The number of nitrogens with two attached hydrogens (primary N) is 1. The molecule has 0 aromatic heterocycles. The lowest BCUT2D eigenvalue weighted by Crippen LogP contribution is -2.01. The smallest absolute Gasteiger partial charge is 0.311 e. The van der Waals surface area contributed by atoms with Crippen LogP contribution in [0.1, 0.15) is 11.1 Å². The molecule has 2 aromatic rings. The number of nitrogens with zero attached hydrogens (tertiary/aromatic N) is 1. The Labute approximate surface area is 114 Å². The van der Waals surface area contributed by atoms with Crippen LogP contribution in [0.5, 0.6) is 11.5 Å². The fourth-order valence-corrected chi connectivity index (χ4v) is 1.78. The second-order valence-corrected chi connectivity index (χ2v) is 4.29. The molecule has 0 saturated heterocycles. The lowest BCUT2D eigenvalue weighted by molar-refractivity contribution is -0.385. The molecule has 0 radical (unpaired) electrons. The molecule has 2 aromatic carbocycles. The molecule has 0 spiro atoms. The van der Waals surface area contributed by atoms with Gasteiger partial charge < -0.3 is 10.5 Å². The van der Waals surface area contributed by atoms with Gasteiger partial charge in [0.05, 0.1) is 4.92 Å². The highest BCUT2D eigenvalue weighted by molar-refractivity contribution is 5.51. The lowest BCUT2D eigenvalue weighted by atomic mass is 10.2. The van der Waals surface area contributed by atoms with Crippen LogP contribution < -0.4 is 10.5 Å². The van der Waals surface area contributed by atoms with Crippen LogP contribution in [0, 0.1) is 22.9 Å². The third kappa shape index (κ3) is 2.92. The quantitative estimate of drug-likeness (QED) is 0.686. The highest BCUT2D eigenvalue weighted by atomic mass is 19.1. The van der Waals surface area contributed by atoms with E-state index in [0.717, 1.165) is 5.56 Å². The number of rotatable bonds is 4. The Morgan fingerprint density at radius 1 is 1.25 bits per heavy atom. The average molecular weight is 276 g/mol. The fraction of sp³-hybridized carbons (Fsp3) is 0.143. The topological polar surface area (TPSA) is 78.4 Å². The number of hydrogen-bond acceptors (Lipinski definition) is 4. The summed E-state index contributed by atoms with van der Waals surface area (Å²) in [5, 5.41) is 11.0. The van der Waals surface area contributed by atoms with Crippen LogP contribution in [0.3, 0.4) is 0 Å². The molecule has 0 atom stereocenters. The maximum atomic E-state index is 13.1. The number of aryl methyl sites for hydroxylation is 1. The molecule has 0 bridgehead atoms. The Morgan fingerprint density at radius 3 is 2.65 bits per heavy atom. The maximum absolute atomic E-state index is 13.1. The zero-order chi connectivity index (χ0) is 14.7. The van der Waals surface area contributed by atoms with Crippen molar-refractivity contribution in [3.63, 3.8) is 0 Å². The summed E-state index contributed by atoms with van der Waals surface area (Å²) in [7, 11) is 0. The van der Waals surface area contributed by atoms with Crippen molar-refractivity contribution >= 4 is 5.69 Å². The first-order chi connectivity index (χ1) is 9.51. The molecule has 6 heteroatoms. The van der Waals surface area contributed by atoms with E-state index in [1.807, 2.05) is 0 Å². The molecule has 2 rings (SSSR count). The number of ether oxygens (including phenoxy) is 1. The van der Waals surface area contributed by atoms with E-state index in [4.69, 9.17) is 10.5 Å². The van der Waals surface area contributed by atoms with Crippen molar-refractivity contribution in [2.45, 2.75) is 13.5 Å². The Kier molecular flexibility index (Phi) is 3.95. The normalized spacial score (nSPS) is 10.3. The average Bonchev–Trinajstić information content (AvgIpc) is 2.40. The highest BCUT2D eigenvalue weighted by Gasteiger charge is 2.17. The second-order valence-electron chi connectivity index (χ2n) is 4.29. The van der Waals surface area contributed by atoms with Crippen molar-refractivity contribution in [3.8, 4) is 11.5 Å². The van der Waals surface area contributed by atoms with Gasteiger partial charge in [-0.05, 0) is 36.8 Å². The third-order valence-electron chi connectivity index (χ3n) is 2.77. The van der Waals surface area contributed by atoms with Crippen LogP contribution in [0.2, 0.25) is 0 Å². The van der Waals surface area contributed by atoms with Gasteiger partial charge in [0, 0.05) is 18.2 Å². The van der Waals surface area contributed by atoms with Gasteiger partial charge in [0.25, 0.3) is 0 Å². The summed E-state index contributed by atoms with van der Waals surface area (Å²) in [5.74, 6) is -0.0181. The minimum atomic E-state index is -0.527. The van der Waals surface area contributed by atoms with Gasteiger partial charge >= 0.3 is 5.69 Å². The van der Waals surface area contributed by atoms with Crippen LogP contribution in [-0.2, 0) is 6.54 Å². The van der Waals surface area contributed by atoms with E-state index in [0.29, 0.717) is 11.3 Å². The highest BCUT2D eigenvalue weighted by Crippen LogP contribution is 2.33. The summed E-state index contributed by atoms with van der Waals surface area (Å²) in [6.07, 6.45) is 0. The standard InChI is InChI=1S/C14H13FN2O3/c1-9-2-4-12(17(18)19)14(6-9)20-13-5-3-11(15)7-10(13)8-16/h2-7H,8,16H2,1H3. The molecule has 2 N–H and O–H groups in total. The molecule has 0 fully saturated rings. The third-order valence-corrected chi connectivity index (χ3v) is 2.77. The zero-order valence-corrected chi connectivity index (χ0v) is 10.8. The van der Waals surface area contributed by atoms with Crippen LogP contribution in [0.25, 0.3) is 0 Å². The van der Waals surface area contributed by atoms with Crippen molar-refractivity contribution < 1.29 is 14.1 Å². The van der Waals surface area contributed by atoms with Gasteiger partial charge in [-0.15, -0.1) is 0 Å². The van der Waals surface area contributed by atoms with Gasteiger partial charge in [-0.2, -0.15) is 0 Å². The molecule has 0 aliphatic rings. The van der Waals surface area contributed by atoms with E-state index in [2.05, 4.69) is 0 Å². The first-order valence-electron chi connectivity index (χ1n) is 5.92. The van der Waals surface area contributed by atoms with Gasteiger partial charge in [-0.1, -0.05) is 6.07 Å². The predicted octanol–water partition coefficient (Wildman–Crippen LogP) is 3.29. The van der Waals surface area contributed by atoms with E-state index < -0.39 is 10.7 Å². The summed E-state index contributed by atoms with van der Waals surface area (Å²) in [6, 6.07) is 8.42. The molecule has 0 aliphatic carbocycles. The first-order valence-corrected chi connectivity index (χ1v) is 5.92. The molecule has 0 heterocycles. The Morgan fingerprint density at radius 2 is 2.00 bits per heavy atom. The SMILES string of the molecule is Cc1ccc([N+](=O)[O-])c(Oc2ccc(F)cc2CN)c1. The van der Waals surface area contributed by atoms with Crippen molar-refractivity contribution in [1.29, 1.82) is 0 Å². The monoisotopic (exact) mass is 276 g/mol. The Balaban J connectivity index is 2.44. The molecule has 0 aliphatic heterocycles. The van der Waals surface area contributed by atoms with Crippen LogP contribution in [0.15, 0.2) is 36.4 Å². The van der Waals surface area contributed by atoms with E-state index >= 15 is 0 Å². The largest absolute Gasteiger partial charge is 0.450 e. The number of nitro benzene ring substituents is 1. The Hall–Kier alpha value is -2.47. The number of hydrogen-bond donors (Lipinski definition) is 1. The number of benzene rings is 2. The molecular formula is C14H13FN2O3. The maximum Gasteiger partial charge on any atom is 0.311 e. The number of halogens is 1. The predicted molar refractivity (Wildman–Crippen MR) is 72.2 cm³/mol. The molecule has 0 saturated carbocycles. The molecule has 104 valence electrons. The summed E-state index contributed by atoms with van der Waals surface area (Å²) in [4.78, 5) is 10.4. The molecular weight excluding hydrogens is 263 g/mol. The summed E-state index contributed by atoms with van der Waals surface area (Å²) >= 11 is 0. The van der Waals surface area contributed by atoms with E-state index in [-0.39, 0.29) is 18.0 Å². The fourth-order valence-electron chi connectivity index (χ4n) is 1.78. The molecule has 0 unspecified atom stereocenters.